The van der Waals surface area contributed by atoms with Crippen molar-refractivity contribution in [2.45, 2.75) is 284 Å². The first-order valence-electron chi connectivity index (χ1n) is 33.6. The highest BCUT2D eigenvalue weighted by Crippen LogP contribution is 2.14. The molecular weight excluding hydrogens is 1020 g/mol. The summed E-state index contributed by atoms with van der Waals surface area (Å²) in [5.41, 5.74) is 0. The van der Waals surface area contributed by atoms with Crippen LogP contribution >= 0.6 is 0 Å². The van der Waals surface area contributed by atoms with Gasteiger partial charge in [0.1, 0.15) is 13.2 Å². The van der Waals surface area contributed by atoms with Crippen molar-refractivity contribution in [3.05, 3.63) is 170 Å². The predicted octanol–water partition coefficient (Wildman–Crippen LogP) is 23.4. The van der Waals surface area contributed by atoms with Crippen LogP contribution in [0, 0.1) is 0 Å². The fourth-order valence-corrected chi connectivity index (χ4v) is 8.71. The van der Waals surface area contributed by atoms with E-state index in [1.54, 1.807) is 0 Å². The third kappa shape index (κ3) is 67.4. The molecular formula is C77H122O6. The Hall–Kier alpha value is -5.23. The topological polar surface area (TPSA) is 78.9 Å². The van der Waals surface area contributed by atoms with E-state index in [1.165, 1.54) is 83.5 Å². The molecule has 1 atom stereocenters. The SMILES string of the molecule is CC/C=C\C/C=C\C/C=C\C/C=C\C/C=C\C/C=C\C/C=C\C/C=C\C/C=C\CCCCCC(=O)OCC(COC(=O)CCCCC/C=C\C/C=C\C/C=C\CC)OC(=O)CCCCCCCCCCC/C=C\C/C=C\CCCCCCC. The molecule has 0 radical (unpaired) electrons. The zero-order chi connectivity index (χ0) is 59.9. The molecule has 0 N–H and O–H groups in total. The standard InChI is InChI=1S/C77H122O6/c1-4-7-10-13-16-19-22-25-27-29-31-33-34-35-36-37-38-39-40-41-42-44-45-47-49-52-55-58-61-64-67-70-76(79)82-73-74(72-81-75(78)69-66-63-60-57-54-51-24-21-18-15-12-9-6-3)83-77(80)71-68-65-62-59-56-53-50-48-46-43-32-30-28-26-23-20-17-14-11-8-5-2/h7,9-10,12,16,18-19,21,23,25-27,30-33,35-36,38-39,41-42,45,47,51-52,54-55,74H,4-6,8,11,13-15,17,20,22,24,28-29,34,37,40,43-44,46,48-50,53,56-73H2,1-3H3/b10-7-,12-9-,19-16-,21-18-,26-23-,27-25-,32-30-,33-31-,36-35-,39-38-,42-41-,47-45-,54-51-,55-52-. The van der Waals surface area contributed by atoms with Crippen LogP contribution in [0.25, 0.3) is 0 Å². The minimum atomic E-state index is -0.817. The summed E-state index contributed by atoms with van der Waals surface area (Å²) < 4.78 is 16.9. The van der Waals surface area contributed by atoms with E-state index in [9.17, 15) is 14.4 Å². The molecule has 1 unspecified atom stereocenters. The third-order valence-corrected chi connectivity index (χ3v) is 13.7. The number of hydrogen-bond donors (Lipinski definition) is 0. The van der Waals surface area contributed by atoms with E-state index in [-0.39, 0.29) is 31.1 Å². The molecule has 0 saturated heterocycles. The first kappa shape index (κ1) is 77.8. The highest BCUT2D eigenvalue weighted by molar-refractivity contribution is 5.71. The lowest BCUT2D eigenvalue weighted by molar-refractivity contribution is -0.167. The van der Waals surface area contributed by atoms with E-state index < -0.39 is 6.10 Å². The minimum absolute atomic E-state index is 0.113. The molecule has 0 saturated carbocycles. The van der Waals surface area contributed by atoms with Crippen molar-refractivity contribution in [2.24, 2.45) is 0 Å². The monoisotopic (exact) mass is 1140 g/mol. The molecule has 0 rings (SSSR count). The predicted molar refractivity (Wildman–Crippen MR) is 361 cm³/mol. The molecule has 0 heterocycles. The van der Waals surface area contributed by atoms with Crippen LogP contribution in [0.5, 0.6) is 0 Å². The van der Waals surface area contributed by atoms with Crippen LogP contribution in [0.2, 0.25) is 0 Å². The second-order valence-corrected chi connectivity index (χ2v) is 21.6. The average molecular weight is 1140 g/mol. The van der Waals surface area contributed by atoms with E-state index in [0.29, 0.717) is 19.3 Å². The van der Waals surface area contributed by atoms with Gasteiger partial charge in [-0.05, 0) is 154 Å². The number of esters is 3. The van der Waals surface area contributed by atoms with Crippen molar-refractivity contribution in [1.29, 1.82) is 0 Å². The Morgan fingerprint density at radius 1 is 0.253 bits per heavy atom. The van der Waals surface area contributed by atoms with Gasteiger partial charge in [-0.3, -0.25) is 14.4 Å². The molecule has 6 nitrogen and oxygen atoms in total. The largest absolute Gasteiger partial charge is 0.462 e. The molecule has 0 fully saturated rings. The normalized spacial score (nSPS) is 13.2. The van der Waals surface area contributed by atoms with Gasteiger partial charge >= 0.3 is 17.9 Å². The van der Waals surface area contributed by atoms with Crippen molar-refractivity contribution in [2.75, 3.05) is 13.2 Å². The van der Waals surface area contributed by atoms with Gasteiger partial charge in [-0.2, -0.15) is 0 Å². The molecule has 83 heavy (non-hydrogen) atoms. The van der Waals surface area contributed by atoms with Crippen LogP contribution < -0.4 is 0 Å². The zero-order valence-corrected chi connectivity index (χ0v) is 53.4. The van der Waals surface area contributed by atoms with E-state index in [2.05, 4.69) is 191 Å². The number of allylic oxidation sites excluding steroid dienone is 28. The van der Waals surface area contributed by atoms with Crippen LogP contribution in [0.1, 0.15) is 278 Å². The van der Waals surface area contributed by atoms with Gasteiger partial charge < -0.3 is 14.2 Å². The maximum atomic E-state index is 12.9. The quantitative estimate of drug-likeness (QED) is 0.0261. The molecule has 6 heteroatoms. The third-order valence-electron chi connectivity index (χ3n) is 13.7. The molecule has 0 aromatic carbocycles. The van der Waals surface area contributed by atoms with Gasteiger partial charge in [0.25, 0.3) is 0 Å². The van der Waals surface area contributed by atoms with Crippen molar-refractivity contribution < 1.29 is 28.6 Å². The molecule has 0 aliphatic rings. The zero-order valence-electron chi connectivity index (χ0n) is 53.4. The van der Waals surface area contributed by atoms with Crippen molar-refractivity contribution >= 4 is 17.9 Å². The summed E-state index contributed by atoms with van der Waals surface area (Å²) in [7, 11) is 0. The van der Waals surface area contributed by atoms with Crippen LogP contribution in [-0.4, -0.2) is 37.2 Å². The van der Waals surface area contributed by atoms with Crippen molar-refractivity contribution in [1.82, 2.24) is 0 Å². The molecule has 0 aliphatic carbocycles. The van der Waals surface area contributed by atoms with Gasteiger partial charge in [0.15, 0.2) is 6.10 Å². The Bertz CT molecular complexity index is 1890. The van der Waals surface area contributed by atoms with E-state index in [1.807, 2.05) is 0 Å². The number of hydrogen-bond acceptors (Lipinski definition) is 6. The second kappa shape index (κ2) is 69.3. The highest BCUT2D eigenvalue weighted by Gasteiger charge is 2.19. The summed E-state index contributed by atoms with van der Waals surface area (Å²) in [6.07, 6.45) is 102. The van der Waals surface area contributed by atoms with Gasteiger partial charge in [0.2, 0.25) is 0 Å². The summed E-state index contributed by atoms with van der Waals surface area (Å²) in [6, 6.07) is 0. The van der Waals surface area contributed by atoms with Crippen LogP contribution in [0.15, 0.2) is 170 Å². The first-order chi connectivity index (χ1) is 41.0. The number of carbonyl (C=O) groups is 3. The van der Waals surface area contributed by atoms with E-state index >= 15 is 0 Å². The summed E-state index contributed by atoms with van der Waals surface area (Å²) in [5, 5.41) is 0. The lowest BCUT2D eigenvalue weighted by Gasteiger charge is -2.18. The number of ether oxygens (including phenoxy) is 3. The summed E-state index contributed by atoms with van der Waals surface area (Å²) in [6.45, 7) is 6.34. The number of unbranched alkanes of at least 4 members (excludes halogenated alkanes) is 20. The lowest BCUT2D eigenvalue weighted by Crippen LogP contribution is -2.30. The Balaban J connectivity index is 4.43. The van der Waals surface area contributed by atoms with Gasteiger partial charge in [-0.25, -0.2) is 0 Å². The second-order valence-electron chi connectivity index (χ2n) is 21.6. The molecule has 0 amide bonds. The van der Waals surface area contributed by atoms with Crippen molar-refractivity contribution in [3.8, 4) is 0 Å². The molecule has 0 aliphatic heterocycles. The summed E-state index contributed by atoms with van der Waals surface area (Å²) in [4.78, 5) is 38.3. The van der Waals surface area contributed by atoms with Gasteiger partial charge in [-0.15, -0.1) is 0 Å². The minimum Gasteiger partial charge on any atom is -0.462 e. The van der Waals surface area contributed by atoms with E-state index in [0.717, 1.165) is 154 Å². The van der Waals surface area contributed by atoms with Crippen molar-refractivity contribution in [3.63, 3.8) is 0 Å². The molecule has 0 bridgehead atoms. The maximum Gasteiger partial charge on any atom is 0.306 e. The van der Waals surface area contributed by atoms with Crippen LogP contribution in [0.4, 0.5) is 0 Å². The van der Waals surface area contributed by atoms with Crippen LogP contribution in [-0.2, 0) is 28.6 Å². The summed E-state index contributed by atoms with van der Waals surface area (Å²) >= 11 is 0. The van der Waals surface area contributed by atoms with Gasteiger partial charge in [-0.1, -0.05) is 274 Å². The number of carbonyl (C=O) groups excluding carboxylic acids is 3. The fourth-order valence-electron chi connectivity index (χ4n) is 8.71. The Kier molecular flexibility index (Phi) is 64.9. The van der Waals surface area contributed by atoms with Gasteiger partial charge in [0, 0.05) is 19.3 Å². The Labute approximate surface area is 511 Å². The number of rotatable bonds is 59. The van der Waals surface area contributed by atoms with Gasteiger partial charge in [0.05, 0.1) is 0 Å². The molecule has 0 aromatic rings. The molecule has 466 valence electrons. The highest BCUT2D eigenvalue weighted by atomic mass is 16.6. The average Bonchev–Trinajstić information content (AvgIpc) is 3.49. The molecule has 0 aromatic heterocycles. The maximum absolute atomic E-state index is 12.9. The summed E-state index contributed by atoms with van der Waals surface area (Å²) in [5.74, 6) is -0.980. The Morgan fingerprint density at radius 2 is 0.470 bits per heavy atom. The smallest absolute Gasteiger partial charge is 0.306 e. The lowest BCUT2D eigenvalue weighted by atomic mass is 10.1. The first-order valence-corrected chi connectivity index (χ1v) is 33.6. The van der Waals surface area contributed by atoms with Crippen LogP contribution in [0.3, 0.4) is 0 Å². The Morgan fingerprint density at radius 3 is 0.747 bits per heavy atom. The molecule has 0 spiro atoms. The van der Waals surface area contributed by atoms with E-state index in [4.69, 9.17) is 14.2 Å². The fraction of sp³-hybridized carbons (Fsp3) is 0.597.